The van der Waals surface area contributed by atoms with E-state index in [-0.39, 0.29) is 0 Å². The van der Waals surface area contributed by atoms with Crippen molar-refractivity contribution in [1.29, 1.82) is 0 Å². The van der Waals surface area contributed by atoms with E-state index in [4.69, 9.17) is 5.84 Å². The Labute approximate surface area is 123 Å². The molecule has 2 aromatic heterocycles. The minimum atomic E-state index is 0.503. The smallest absolute Gasteiger partial charge is 0.240 e. The van der Waals surface area contributed by atoms with Gasteiger partial charge in [-0.2, -0.15) is 4.98 Å². The summed E-state index contributed by atoms with van der Waals surface area (Å²) in [4.78, 5) is 13.9. The van der Waals surface area contributed by atoms with Gasteiger partial charge in [0.1, 0.15) is 10.6 Å². The van der Waals surface area contributed by atoms with Crippen LogP contribution in [0.3, 0.4) is 0 Å². The Balaban J connectivity index is 2.14. The molecule has 108 valence electrons. The number of nitrogens with one attached hydrogen (secondary N) is 1. The molecule has 3 N–H and O–H groups in total. The van der Waals surface area contributed by atoms with E-state index in [0.29, 0.717) is 17.9 Å². The van der Waals surface area contributed by atoms with Crippen LogP contribution in [0.4, 0.5) is 11.8 Å². The fraction of sp³-hybridized carbons (Fsp3) is 0.571. The standard InChI is InChI=1S/C14H21N5S/c1-4-10-6-11-12(19-7-8(2)5-9(19)3)16-14(18-15)17-13(11)20-10/h6,8-9H,4-5,7,15H2,1-3H3,(H,16,17,18). The first-order chi connectivity index (χ1) is 9.62. The Kier molecular flexibility index (Phi) is 3.52. The summed E-state index contributed by atoms with van der Waals surface area (Å²) in [5.41, 5.74) is 2.59. The highest BCUT2D eigenvalue weighted by molar-refractivity contribution is 7.18. The van der Waals surface area contributed by atoms with Gasteiger partial charge in [0.2, 0.25) is 5.95 Å². The van der Waals surface area contributed by atoms with Crippen LogP contribution in [0.1, 0.15) is 32.1 Å². The predicted octanol–water partition coefficient (Wildman–Crippen LogP) is 2.77. The van der Waals surface area contributed by atoms with E-state index in [9.17, 15) is 0 Å². The van der Waals surface area contributed by atoms with Crippen LogP contribution in [0.5, 0.6) is 0 Å². The predicted molar refractivity (Wildman–Crippen MR) is 85.2 cm³/mol. The highest BCUT2D eigenvalue weighted by Gasteiger charge is 2.29. The second kappa shape index (κ2) is 5.18. The minimum Gasteiger partial charge on any atom is -0.353 e. The van der Waals surface area contributed by atoms with E-state index >= 15 is 0 Å². The number of hydrazine groups is 1. The van der Waals surface area contributed by atoms with Crippen LogP contribution in [-0.4, -0.2) is 22.6 Å². The van der Waals surface area contributed by atoms with Crippen LogP contribution in [-0.2, 0) is 6.42 Å². The van der Waals surface area contributed by atoms with Crippen molar-refractivity contribution in [2.75, 3.05) is 16.9 Å². The number of nitrogens with zero attached hydrogens (tertiary/aromatic N) is 3. The van der Waals surface area contributed by atoms with Gasteiger partial charge in [-0.1, -0.05) is 13.8 Å². The maximum absolute atomic E-state index is 5.52. The number of hydrogen-bond donors (Lipinski definition) is 2. The molecule has 2 unspecified atom stereocenters. The van der Waals surface area contributed by atoms with Gasteiger partial charge < -0.3 is 4.90 Å². The summed E-state index contributed by atoms with van der Waals surface area (Å²) < 4.78 is 0. The maximum Gasteiger partial charge on any atom is 0.240 e. The number of aryl methyl sites for hydroxylation is 1. The Morgan fingerprint density at radius 2 is 2.25 bits per heavy atom. The lowest BCUT2D eigenvalue weighted by molar-refractivity contribution is 0.625. The van der Waals surface area contributed by atoms with Crippen molar-refractivity contribution >= 4 is 33.3 Å². The van der Waals surface area contributed by atoms with E-state index in [2.05, 4.69) is 47.1 Å². The molecule has 0 amide bonds. The quantitative estimate of drug-likeness (QED) is 0.672. The van der Waals surface area contributed by atoms with Crippen molar-refractivity contribution in [2.45, 2.75) is 39.7 Å². The summed E-state index contributed by atoms with van der Waals surface area (Å²) in [6.07, 6.45) is 2.24. The third-order valence-electron chi connectivity index (χ3n) is 3.96. The van der Waals surface area contributed by atoms with Crippen molar-refractivity contribution in [3.05, 3.63) is 10.9 Å². The summed E-state index contributed by atoms with van der Waals surface area (Å²) in [7, 11) is 0. The summed E-state index contributed by atoms with van der Waals surface area (Å²) in [6.45, 7) is 7.78. The lowest BCUT2D eigenvalue weighted by Gasteiger charge is -2.23. The van der Waals surface area contributed by atoms with Crippen LogP contribution < -0.4 is 16.2 Å². The van der Waals surface area contributed by atoms with E-state index in [1.165, 1.54) is 11.3 Å². The van der Waals surface area contributed by atoms with Gasteiger partial charge in [-0.05, 0) is 31.7 Å². The van der Waals surface area contributed by atoms with Crippen molar-refractivity contribution in [1.82, 2.24) is 9.97 Å². The van der Waals surface area contributed by atoms with Gasteiger partial charge in [-0.3, -0.25) is 5.43 Å². The average molecular weight is 291 g/mol. The first-order valence-electron chi connectivity index (χ1n) is 7.16. The molecule has 20 heavy (non-hydrogen) atoms. The molecular formula is C14H21N5S. The summed E-state index contributed by atoms with van der Waals surface area (Å²) in [5.74, 6) is 7.75. The monoisotopic (exact) mass is 291 g/mol. The fourth-order valence-electron chi connectivity index (χ4n) is 3.01. The lowest BCUT2D eigenvalue weighted by Crippen LogP contribution is -2.28. The Hall–Kier alpha value is -1.40. The molecule has 1 aliphatic heterocycles. The lowest BCUT2D eigenvalue weighted by atomic mass is 10.1. The molecule has 2 aromatic rings. The van der Waals surface area contributed by atoms with Gasteiger partial charge >= 0.3 is 0 Å². The van der Waals surface area contributed by atoms with Crippen molar-refractivity contribution < 1.29 is 0 Å². The molecule has 5 nitrogen and oxygen atoms in total. The number of anilines is 2. The topological polar surface area (TPSA) is 67.1 Å². The second-order valence-corrected chi connectivity index (χ2v) is 6.76. The molecule has 6 heteroatoms. The van der Waals surface area contributed by atoms with E-state index in [0.717, 1.165) is 29.0 Å². The third kappa shape index (κ3) is 2.23. The molecule has 1 aliphatic rings. The van der Waals surface area contributed by atoms with Gasteiger partial charge in [0, 0.05) is 17.5 Å². The Morgan fingerprint density at radius 1 is 1.45 bits per heavy atom. The highest BCUT2D eigenvalue weighted by Crippen LogP contribution is 2.36. The number of aromatic nitrogens is 2. The van der Waals surface area contributed by atoms with Crippen molar-refractivity contribution in [3.63, 3.8) is 0 Å². The number of nitrogen functional groups attached to an aromatic ring is 1. The number of hydrogen-bond acceptors (Lipinski definition) is 6. The summed E-state index contributed by atoms with van der Waals surface area (Å²) in [5, 5.41) is 1.16. The maximum atomic E-state index is 5.52. The van der Waals surface area contributed by atoms with Crippen LogP contribution in [0.15, 0.2) is 6.07 Å². The minimum absolute atomic E-state index is 0.503. The molecule has 0 aliphatic carbocycles. The Morgan fingerprint density at radius 3 is 2.85 bits per heavy atom. The molecule has 0 aromatic carbocycles. The molecule has 3 heterocycles. The molecule has 1 fully saturated rings. The first-order valence-corrected chi connectivity index (χ1v) is 7.97. The molecule has 2 atom stereocenters. The third-order valence-corrected chi connectivity index (χ3v) is 5.13. The molecule has 0 saturated carbocycles. The highest BCUT2D eigenvalue weighted by atomic mass is 32.1. The van der Waals surface area contributed by atoms with E-state index < -0.39 is 0 Å². The SMILES string of the molecule is CCc1cc2c(N3CC(C)CC3C)nc(NN)nc2s1. The van der Waals surface area contributed by atoms with Crippen LogP contribution in [0, 0.1) is 5.92 Å². The van der Waals surface area contributed by atoms with Gasteiger partial charge in [-0.15, -0.1) is 11.3 Å². The number of fused-ring (bicyclic) bond motifs is 1. The Bertz CT molecular complexity index is 623. The van der Waals surface area contributed by atoms with Gasteiger partial charge in [0.05, 0.1) is 5.39 Å². The van der Waals surface area contributed by atoms with Gasteiger partial charge in [0.15, 0.2) is 0 Å². The first kappa shape index (κ1) is 13.6. The summed E-state index contributed by atoms with van der Waals surface area (Å²) in [6, 6.07) is 2.74. The van der Waals surface area contributed by atoms with E-state index in [1.54, 1.807) is 11.3 Å². The molecule has 1 saturated heterocycles. The fourth-order valence-corrected chi connectivity index (χ4v) is 3.97. The van der Waals surface area contributed by atoms with Gasteiger partial charge in [-0.25, -0.2) is 10.8 Å². The molecule has 0 radical (unpaired) electrons. The molecule has 0 spiro atoms. The number of nitrogens with two attached hydrogens (primary N) is 1. The largest absolute Gasteiger partial charge is 0.353 e. The zero-order chi connectivity index (χ0) is 14.3. The van der Waals surface area contributed by atoms with Crippen LogP contribution >= 0.6 is 11.3 Å². The number of rotatable bonds is 3. The van der Waals surface area contributed by atoms with E-state index in [1.807, 2.05) is 0 Å². The molecule has 0 bridgehead atoms. The van der Waals surface area contributed by atoms with Crippen molar-refractivity contribution in [3.8, 4) is 0 Å². The number of thiophene rings is 1. The summed E-state index contributed by atoms with van der Waals surface area (Å²) >= 11 is 1.73. The van der Waals surface area contributed by atoms with Crippen LogP contribution in [0.25, 0.3) is 10.2 Å². The van der Waals surface area contributed by atoms with Crippen LogP contribution in [0.2, 0.25) is 0 Å². The molecule has 3 rings (SSSR count). The molecular weight excluding hydrogens is 270 g/mol. The second-order valence-electron chi connectivity index (χ2n) is 5.64. The van der Waals surface area contributed by atoms with Crippen molar-refractivity contribution in [2.24, 2.45) is 11.8 Å². The van der Waals surface area contributed by atoms with Gasteiger partial charge in [0.25, 0.3) is 0 Å². The zero-order valence-electron chi connectivity index (χ0n) is 12.2. The zero-order valence-corrected chi connectivity index (χ0v) is 13.0. The normalized spacial score (nSPS) is 22.7. The average Bonchev–Trinajstić information content (AvgIpc) is 3.00.